The number of nitrogens with zero attached hydrogens (tertiary/aromatic N) is 4. The van der Waals surface area contributed by atoms with Gasteiger partial charge in [0.15, 0.2) is 0 Å². The summed E-state index contributed by atoms with van der Waals surface area (Å²) in [5, 5.41) is 3.16. The third kappa shape index (κ3) is 3.61. The fraction of sp³-hybridized carbons (Fsp3) is 0.667. The van der Waals surface area contributed by atoms with Crippen LogP contribution in [0.4, 0.5) is 11.8 Å². The molecule has 1 fully saturated rings. The highest BCUT2D eigenvalue weighted by molar-refractivity contribution is 5.38. The number of ether oxygens (including phenoxy) is 2. The molecule has 0 bridgehead atoms. The standard InChI is InChI=1S/C12H19N5O3/c1-19-6-7-20-10-3-5-17(8-9(10)16-18)12-14-4-2-11(13)15-12/h2,4,9-10H,3,5-8H2,1H3,(H2,13,14,15). The van der Waals surface area contributed by atoms with Crippen LogP contribution in [0.25, 0.3) is 0 Å². The average Bonchev–Trinajstić information content (AvgIpc) is 2.47. The van der Waals surface area contributed by atoms with E-state index in [1.165, 1.54) is 0 Å². The summed E-state index contributed by atoms with van der Waals surface area (Å²) in [4.78, 5) is 21.2. The predicted octanol–water partition coefficient (Wildman–Crippen LogP) is 0.436. The number of nitrogen functional groups attached to an aromatic ring is 1. The van der Waals surface area contributed by atoms with Gasteiger partial charge in [0.2, 0.25) is 5.95 Å². The van der Waals surface area contributed by atoms with Crippen molar-refractivity contribution in [3.63, 3.8) is 0 Å². The maximum absolute atomic E-state index is 11.0. The lowest BCUT2D eigenvalue weighted by Crippen LogP contribution is -2.47. The summed E-state index contributed by atoms with van der Waals surface area (Å²) >= 11 is 0. The Bertz CT molecular complexity index is 445. The maximum Gasteiger partial charge on any atom is 0.227 e. The number of rotatable bonds is 6. The first-order valence-corrected chi connectivity index (χ1v) is 6.51. The molecule has 1 aromatic rings. The Hall–Kier alpha value is -1.80. The highest BCUT2D eigenvalue weighted by Crippen LogP contribution is 2.21. The van der Waals surface area contributed by atoms with Crippen molar-refractivity contribution in [3.8, 4) is 0 Å². The Balaban J connectivity index is 1.96. The van der Waals surface area contributed by atoms with Crippen molar-refractivity contribution >= 4 is 11.8 Å². The zero-order valence-electron chi connectivity index (χ0n) is 11.4. The van der Waals surface area contributed by atoms with Crippen molar-refractivity contribution in [2.24, 2.45) is 5.18 Å². The minimum absolute atomic E-state index is 0.181. The molecule has 0 aliphatic carbocycles. The number of aromatic nitrogens is 2. The van der Waals surface area contributed by atoms with Gasteiger partial charge in [-0.05, 0) is 12.5 Å². The van der Waals surface area contributed by atoms with Crippen LogP contribution >= 0.6 is 0 Å². The largest absolute Gasteiger partial charge is 0.384 e. The van der Waals surface area contributed by atoms with E-state index in [1.807, 2.05) is 4.90 Å². The van der Waals surface area contributed by atoms with Crippen LogP contribution in [0.15, 0.2) is 17.4 Å². The van der Waals surface area contributed by atoms with E-state index in [-0.39, 0.29) is 6.10 Å². The highest BCUT2D eigenvalue weighted by Gasteiger charge is 2.32. The topological polar surface area (TPSA) is 103 Å². The highest BCUT2D eigenvalue weighted by atomic mass is 16.5. The predicted molar refractivity (Wildman–Crippen MR) is 74.5 cm³/mol. The normalized spacial score (nSPS) is 22.8. The molecule has 0 saturated carbocycles. The van der Waals surface area contributed by atoms with E-state index in [2.05, 4.69) is 15.1 Å². The molecule has 2 atom stereocenters. The fourth-order valence-electron chi connectivity index (χ4n) is 2.18. The summed E-state index contributed by atoms with van der Waals surface area (Å²) in [5.41, 5.74) is 5.64. The molecule has 0 spiro atoms. The summed E-state index contributed by atoms with van der Waals surface area (Å²) in [7, 11) is 1.61. The summed E-state index contributed by atoms with van der Waals surface area (Å²) in [6.45, 7) is 2.10. The zero-order chi connectivity index (χ0) is 14.4. The number of hydrogen-bond donors (Lipinski definition) is 1. The Morgan fingerprint density at radius 1 is 1.55 bits per heavy atom. The van der Waals surface area contributed by atoms with Gasteiger partial charge in [-0.2, -0.15) is 9.89 Å². The second kappa shape index (κ2) is 7.11. The average molecular weight is 281 g/mol. The molecule has 1 aromatic heterocycles. The molecule has 2 N–H and O–H groups in total. The molecular formula is C12H19N5O3. The van der Waals surface area contributed by atoms with Gasteiger partial charge in [-0.1, -0.05) is 5.18 Å². The van der Waals surface area contributed by atoms with E-state index in [1.54, 1.807) is 19.4 Å². The molecule has 1 saturated heterocycles. The quantitative estimate of drug-likeness (QED) is 0.596. The first-order valence-electron chi connectivity index (χ1n) is 6.51. The Morgan fingerprint density at radius 2 is 2.40 bits per heavy atom. The molecule has 0 amide bonds. The number of nitroso groups, excluding NO2 is 1. The minimum atomic E-state index is -0.439. The lowest BCUT2D eigenvalue weighted by molar-refractivity contribution is -0.00304. The van der Waals surface area contributed by atoms with Crippen molar-refractivity contribution in [3.05, 3.63) is 17.2 Å². The summed E-state index contributed by atoms with van der Waals surface area (Å²) in [5.74, 6) is 0.929. The number of hydrogen-bond acceptors (Lipinski definition) is 8. The van der Waals surface area contributed by atoms with Gasteiger partial charge in [0.25, 0.3) is 0 Å². The first-order chi connectivity index (χ1) is 9.74. The van der Waals surface area contributed by atoms with Gasteiger partial charge < -0.3 is 20.1 Å². The molecule has 8 nitrogen and oxygen atoms in total. The van der Waals surface area contributed by atoms with E-state index in [4.69, 9.17) is 15.2 Å². The lowest BCUT2D eigenvalue weighted by atomic mass is 10.0. The minimum Gasteiger partial charge on any atom is -0.384 e. The second-order valence-electron chi connectivity index (χ2n) is 4.59. The molecule has 2 heterocycles. The van der Waals surface area contributed by atoms with Crippen molar-refractivity contribution in [2.75, 3.05) is 44.0 Å². The van der Waals surface area contributed by atoms with Crippen LogP contribution in [0.2, 0.25) is 0 Å². The van der Waals surface area contributed by atoms with Crippen molar-refractivity contribution in [1.29, 1.82) is 0 Å². The molecule has 8 heteroatoms. The number of anilines is 2. The third-order valence-corrected chi connectivity index (χ3v) is 3.22. The van der Waals surface area contributed by atoms with Gasteiger partial charge in [-0.15, -0.1) is 0 Å². The first kappa shape index (κ1) is 14.6. The molecule has 2 unspecified atom stereocenters. The Morgan fingerprint density at radius 3 is 3.10 bits per heavy atom. The fourth-order valence-corrected chi connectivity index (χ4v) is 2.18. The number of methoxy groups -OCH3 is 1. The molecule has 20 heavy (non-hydrogen) atoms. The second-order valence-corrected chi connectivity index (χ2v) is 4.59. The van der Waals surface area contributed by atoms with Crippen molar-refractivity contribution < 1.29 is 9.47 Å². The zero-order valence-corrected chi connectivity index (χ0v) is 11.4. The molecule has 1 aliphatic heterocycles. The van der Waals surface area contributed by atoms with Gasteiger partial charge >= 0.3 is 0 Å². The van der Waals surface area contributed by atoms with E-state index in [0.29, 0.717) is 44.5 Å². The number of piperidine rings is 1. The van der Waals surface area contributed by atoms with Crippen LogP contribution in [-0.4, -0.2) is 55.5 Å². The van der Waals surface area contributed by atoms with Gasteiger partial charge in [0.1, 0.15) is 11.9 Å². The van der Waals surface area contributed by atoms with Crippen LogP contribution in [0, 0.1) is 4.91 Å². The smallest absolute Gasteiger partial charge is 0.227 e. The van der Waals surface area contributed by atoms with Gasteiger partial charge in [0.05, 0.1) is 19.3 Å². The SMILES string of the molecule is COCCOC1CCN(c2nccc(N)n2)CC1N=O. The molecule has 1 aliphatic rings. The van der Waals surface area contributed by atoms with Crippen molar-refractivity contribution in [1.82, 2.24) is 9.97 Å². The van der Waals surface area contributed by atoms with Gasteiger partial charge in [-0.3, -0.25) is 0 Å². The van der Waals surface area contributed by atoms with Crippen LogP contribution in [0.3, 0.4) is 0 Å². The summed E-state index contributed by atoms with van der Waals surface area (Å²) in [6, 6.07) is 1.19. The molecular weight excluding hydrogens is 262 g/mol. The summed E-state index contributed by atoms with van der Waals surface area (Å²) < 4.78 is 10.6. The molecule has 0 aromatic carbocycles. The van der Waals surface area contributed by atoms with Gasteiger partial charge in [0, 0.05) is 26.4 Å². The number of nitrogens with two attached hydrogens (primary N) is 1. The molecule has 2 rings (SSSR count). The molecule has 110 valence electrons. The van der Waals surface area contributed by atoms with Crippen LogP contribution in [-0.2, 0) is 9.47 Å². The Labute approximate surface area is 117 Å². The molecule has 0 radical (unpaired) electrons. The van der Waals surface area contributed by atoms with Gasteiger partial charge in [-0.25, -0.2) is 4.98 Å². The maximum atomic E-state index is 11.0. The lowest BCUT2D eigenvalue weighted by Gasteiger charge is -2.34. The van der Waals surface area contributed by atoms with E-state index < -0.39 is 6.04 Å². The van der Waals surface area contributed by atoms with E-state index in [9.17, 15) is 4.91 Å². The van der Waals surface area contributed by atoms with E-state index in [0.717, 1.165) is 0 Å². The van der Waals surface area contributed by atoms with Crippen LogP contribution in [0.1, 0.15) is 6.42 Å². The van der Waals surface area contributed by atoms with Crippen LogP contribution < -0.4 is 10.6 Å². The third-order valence-electron chi connectivity index (χ3n) is 3.22. The Kier molecular flexibility index (Phi) is 5.19. The van der Waals surface area contributed by atoms with E-state index >= 15 is 0 Å². The summed E-state index contributed by atoms with van der Waals surface area (Å²) in [6.07, 6.45) is 2.11. The van der Waals surface area contributed by atoms with Crippen LogP contribution in [0.5, 0.6) is 0 Å². The van der Waals surface area contributed by atoms with Crippen molar-refractivity contribution in [2.45, 2.75) is 18.6 Å². The monoisotopic (exact) mass is 281 g/mol.